The summed E-state index contributed by atoms with van der Waals surface area (Å²) in [7, 11) is 0. The van der Waals surface area contributed by atoms with Crippen LogP contribution in [0.3, 0.4) is 0 Å². The summed E-state index contributed by atoms with van der Waals surface area (Å²) in [5.41, 5.74) is 7.65. The molecule has 0 aliphatic carbocycles. The van der Waals surface area contributed by atoms with Crippen molar-refractivity contribution in [1.29, 1.82) is 0 Å². The summed E-state index contributed by atoms with van der Waals surface area (Å²) in [6.45, 7) is 11.7. The predicted molar refractivity (Wildman–Crippen MR) is 85.7 cm³/mol. The van der Waals surface area contributed by atoms with Crippen molar-refractivity contribution in [3.8, 4) is 0 Å². The van der Waals surface area contributed by atoms with Gasteiger partial charge < -0.3 is 15.5 Å². The highest BCUT2D eigenvalue weighted by Crippen LogP contribution is 2.20. The molecule has 0 spiro atoms. The highest BCUT2D eigenvalue weighted by atomic mass is 15.3. The first-order valence-corrected chi connectivity index (χ1v) is 7.96. The molecule has 2 atom stereocenters. The molecule has 3 nitrogen and oxygen atoms in total. The molecule has 3 heteroatoms. The van der Waals surface area contributed by atoms with Crippen LogP contribution in [-0.2, 0) is 0 Å². The maximum absolute atomic E-state index is 6.39. The third kappa shape index (κ3) is 4.30. The molecule has 1 saturated heterocycles. The molecule has 0 bridgehead atoms. The second-order valence-electron chi connectivity index (χ2n) is 6.06. The number of nitrogens with zero attached hydrogens (tertiary/aromatic N) is 2. The lowest BCUT2D eigenvalue weighted by Gasteiger charge is -2.36. The maximum atomic E-state index is 6.39. The van der Waals surface area contributed by atoms with Gasteiger partial charge in [-0.05, 0) is 24.4 Å². The van der Waals surface area contributed by atoms with Crippen LogP contribution in [0.5, 0.6) is 0 Å². The van der Waals surface area contributed by atoms with Gasteiger partial charge in [0.05, 0.1) is 0 Å². The molecular formula is C17H29N3. The average molecular weight is 275 g/mol. The molecule has 2 N–H and O–H groups in total. The van der Waals surface area contributed by atoms with Crippen LogP contribution in [0.1, 0.15) is 31.9 Å². The number of hydrogen-bond donors (Lipinski definition) is 1. The molecule has 1 aliphatic heterocycles. The quantitative estimate of drug-likeness (QED) is 0.865. The van der Waals surface area contributed by atoms with E-state index < -0.39 is 0 Å². The van der Waals surface area contributed by atoms with Crippen LogP contribution in [-0.4, -0.2) is 49.1 Å². The third-order valence-electron chi connectivity index (χ3n) is 4.35. The Morgan fingerprint density at radius 2 is 1.65 bits per heavy atom. The van der Waals surface area contributed by atoms with Crippen LogP contribution >= 0.6 is 0 Å². The number of rotatable bonds is 6. The summed E-state index contributed by atoms with van der Waals surface area (Å²) in [5, 5.41) is 0. The maximum Gasteiger partial charge on any atom is 0.0333 e. The van der Waals surface area contributed by atoms with Gasteiger partial charge in [-0.2, -0.15) is 0 Å². The molecule has 20 heavy (non-hydrogen) atoms. The Morgan fingerprint density at radius 3 is 2.25 bits per heavy atom. The van der Waals surface area contributed by atoms with E-state index in [1.807, 2.05) is 6.07 Å². The molecule has 1 aliphatic rings. The Labute approximate surface area is 123 Å². The fourth-order valence-electron chi connectivity index (χ4n) is 3.04. The first kappa shape index (κ1) is 15.5. The van der Waals surface area contributed by atoms with E-state index in [1.54, 1.807) is 0 Å². The summed E-state index contributed by atoms with van der Waals surface area (Å²) < 4.78 is 0. The van der Waals surface area contributed by atoms with Gasteiger partial charge in [-0.15, -0.1) is 0 Å². The van der Waals surface area contributed by atoms with E-state index in [9.17, 15) is 0 Å². The zero-order valence-corrected chi connectivity index (χ0v) is 13.0. The molecule has 112 valence electrons. The van der Waals surface area contributed by atoms with E-state index in [1.165, 1.54) is 44.7 Å². The zero-order chi connectivity index (χ0) is 14.4. The average Bonchev–Trinajstić information content (AvgIpc) is 2.49. The smallest absolute Gasteiger partial charge is 0.0333 e. The van der Waals surface area contributed by atoms with Crippen molar-refractivity contribution in [2.75, 3.05) is 39.3 Å². The van der Waals surface area contributed by atoms with Crippen LogP contribution in [0, 0.1) is 5.92 Å². The van der Waals surface area contributed by atoms with E-state index in [4.69, 9.17) is 5.73 Å². The Kier molecular flexibility index (Phi) is 6.02. The van der Waals surface area contributed by atoms with Crippen LogP contribution in [0.4, 0.5) is 0 Å². The predicted octanol–water partition coefficient (Wildman–Crippen LogP) is 2.35. The highest BCUT2D eigenvalue weighted by molar-refractivity contribution is 5.19. The van der Waals surface area contributed by atoms with Crippen LogP contribution < -0.4 is 5.73 Å². The molecule has 1 heterocycles. The van der Waals surface area contributed by atoms with Crippen LogP contribution in [0.15, 0.2) is 30.3 Å². The lowest BCUT2D eigenvalue weighted by atomic mass is 9.95. The minimum absolute atomic E-state index is 0.143. The van der Waals surface area contributed by atoms with Gasteiger partial charge in [-0.1, -0.05) is 44.2 Å². The topological polar surface area (TPSA) is 32.5 Å². The van der Waals surface area contributed by atoms with Crippen LogP contribution in [0.2, 0.25) is 0 Å². The Morgan fingerprint density at radius 1 is 1.05 bits per heavy atom. The molecule has 0 saturated carbocycles. The lowest BCUT2D eigenvalue weighted by Crippen LogP contribution is -2.48. The Balaban J connectivity index is 1.79. The Hall–Kier alpha value is -0.900. The summed E-state index contributed by atoms with van der Waals surface area (Å²) in [6, 6.07) is 10.6. The van der Waals surface area contributed by atoms with Crippen molar-refractivity contribution < 1.29 is 0 Å². The molecule has 2 rings (SSSR count). The molecule has 1 fully saturated rings. The van der Waals surface area contributed by atoms with Crippen molar-refractivity contribution in [1.82, 2.24) is 9.80 Å². The van der Waals surface area contributed by atoms with Crippen molar-refractivity contribution in [3.63, 3.8) is 0 Å². The number of nitrogens with two attached hydrogens (primary N) is 1. The first-order chi connectivity index (χ1) is 9.70. The third-order valence-corrected chi connectivity index (χ3v) is 4.35. The standard InChI is InChI=1S/C17H29N3/c1-3-9-19-10-12-20(13-11-19)14-15(2)17(18)16-7-5-4-6-8-16/h4-8,15,17H,3,9-14,18H2,1-2H3. The number of piperazine rings is 1. The summed E-state index contributed by atoms with van der Waals surface area (Å²) in [4.78, 5) is 5.14. The van der Waals surface area contributed by atoms with E-state index in [-0.39, 0.29) is 6.04 Å². The van der Waals surface area contributed by atoms with Gasteiger partial charge in [-0.25, -0.2) is 0 Å². The minimum atomic E-state index is 0.143. The molecule has 2 unspecified atom stereocenters. The monoisotopic (exact) mass is 275 g/mol. The Bertz CT molecular complexity index is 371. The van der Waals surface area contributed by atoms with Gasteiger partial charge >= 0.3 is 0 Å². The molecule has 0 aromatic heterocycles. The van der Waals surface area contributed by atoms with Crippen molar-refractivity contribution in [2.45, 2.75) is 26.3 Å². The van der Waals surface area contributed by atoms with Crippen LogP contribution in [0.25, 0.3) is 0 Å². The molecule has 0 amide bonds. The van der Waals surface area contributed by atoms with Gasteiger partial charge in [0.15, 0.2) is 0 Å². The first-order valence-electron chi connectivity index (χ1n) is 7.96. The highest BCUT2D eigenvalue weighted by Gasteiger charge is 2.21. The second-order valence-corrected chi connectivity index (χ2v) is 6.06. The van der Waals surface area contributed by atoms with Gasteiger partial charge in [0.25, 0.3) is 0 Å². The number of hydrogen-bond acceptors (Lipinski definition) is 3. The number of benzene rings is 1. The van der Waals surface area contributed by atoms with Gasteiger partial charge in [-0.3, -0.25) is 0 Å². The summed E-state index contributed by atoms with van der Waals surface area (Å²) in [5.74, 6) is 0.495. The summed E-state index contributed by atoms with van der Waals surface area (Å²) in [6.07, 6.45) is 1.26. The van der Waals surface area contributed by atoms with E-state index in [0.717, 1.165) is 6.54 Å². The van der Waals surface area contributed by atoms with Gasteiger partial charge in [0.2, 0.25) is 0 Å². The van der Waals surface area contributed by atoms with Crippen molar-refractivity contribution in [3.05, 3.63) is 35.9 Å². The fourth-order valence-corrected chi connectivity index (χ4v) is 3.04. The SMILES string of the molecule is CCCN1CCN(CC(C)C(N)c2ccccc2)CC1. The van der Waals surface area contributed by atoms with E-state index in [0.29, 0.717) is 5.92 Å². The molecule has 1 aromatic carbocycles. The minimum Gasteiger partial charge on any atom is -0.324 e. The molecular weight excluding hydrogens is 246 g/mol. The molecule has 0 radical (unpaired) electrons. The normalized spacial score (nSPS) is 20.8. The lowest BCUT2D eigenvalue weighted by molar-refractivity contribution is 0.116. The fraction of sp³-hybridized carbons (Fsp3) is 0.647. The summed E-state index contributed by atoms with van der Waals surface area (Å²) >= 11 is 0. The van der Waals surface area contributed by atoms with Crippen molar-refractivity contribution >= 4 is 0 Å². The second kappa shape index (κ2) is 7.77. The van der Waals surface area contributed by atoms with Crippen molar-refractivity contribution in [2.24, 2.45) is 11.7 Å². The van der Waals surface area contributed by atoms with E-state index >= 15 is 0 Å². The molecule has 1 aromatic rings. The largest absolute Gasteiger partial charge is 0.324 e. The van der Waals surface area contributed by atoms with Gasteiger partial charge in [0.1, 0.15) is 0 Å². The zero-order valence-electron chi connectivity index (χ0n) is 13.0. The van der Waals surface area contributed by atoms with Gasteiger partial charge in [0, 0.05) is 38.8 Å². The van der Waals surface area contributed by atoms with E-state index in [2.05, 4.69) is 47.9 Å².